The van der Waals surface area contributed by atoms with Crippen molar-refractivity contribution in [3.8, 4) is 0 Å². The lowest BCUT2D eigenvalue weighted by atomic mass is 10.0. The van der Waals surface area contributed by atoms with Gasteiger partial charge in [0.1, 0.15) is 5.82 Å². The molecule has 0 aliphatic rings. The molecule has 6 nitrogen and oxygen atoms in total. The van der Waals surface area contributed by atoms with E-state index in [-0.39, 0.29) is 17.8 Å². The van der Waals surface area contributed by atoms with E-state index in [1.807, 2.05) is 0 Å². The molecule has 0 spiro atoms. The molecule has 6 heteroatoms. The third kappa shape index (κ3) is 3.81. The van der Waals surface area contributed by atoms with Gasteiger partial charge in [0.05, 0.1) is 0 Å². The normalized spacial score (nSPS) is 12.8. The highest BCUT2D eigenvalue weighted by molar-refractivity contribution is 5.90. The molecule has 1 atom stereocenters. The fourth-order valence-corrected chi connectivity index (χ4v) is 1.39. The molecule has 0 aliphatic carbocycles. The molecule has 0 saturated carbocycles. The van der Waals surface area contributed by atoms with E-state index in [0.29, 0.717) is 18.3 Å². The highest BCUT2D eigenvalue weighted by Crippen LogP contribution is 2.05. The van der Waals surface area contributed by atoms with Crippen LogP contribution in [0.2, 0.25) is 0 Å². The number of H-pyrrole nitrogens is 1. The van der Waals surface area contributed by atoms with Gasteiger partial charge < -0.3 is 10.6 Å². The molecule has 0 aliphatic heterocycles. The van der Waals surface area contributed by atoms with Gasteiger partial charge in [0, 0.05) is 19.6 Å². The Morgan fingerprint density at radius 3 is 2.65 bits per heavy atom. The summed E-state index contributed by atoms with van der Waals surface area (Å²) < 4.78 is 0. The monoisotopic (exact) mass is 239 g/mol. The summed E-state index contributed by atoms with van der Waals surface area (Å²) in [5, 5.41) is 6.49. The molecular weight excluding hydrogens is 218 g/mol. The minimum Gasteiger partial charge on any atom is -0.339 e. The van der Waals surface area contributed by atoms with Crippen molar-refractivity contribution in [3.05, 3.63) is 11.6 Å². The fourth-order valence-electron chi connectivity index (χ4n) is 1.39. The zero-order valence-electron chi connectivity index (χ0n) is 10.9. The lowest BCUT2D eigenvalue weighted by Crippen LogP contribution is -2.35. The molecule has 17 heavy (non-hydrogen) atoms. The van der Waals surface area contributed by atoms with Crippen molar-refractivity contribution in [2.75, 3.05) is 13.6 Å². The molecule has 0 saturated heterocycles. The van der Waals surface area contributed by atoms with E-state index in [9.17, 15) is 4.79 Å². The number of rotatable bonds is 5. The molecule has 1 heterocycles. The van der Waals surface area contributed by atoms with Crippen LogP contribution in [0, 0.1) is 12.8 Å². The summed E-state index contributed by atoms with van der Waals surface area (Å²) in [4.78, 5) is 17.5. The molecule has 3 N–H and O–H groups in total. The summed E-state index contributed by atoms with van der Waals surface area (Å²) in [5.74, 6) is 1.10. The van der Waals surface area contributed by atoms with Crippen LogP contribution in [0.5, 0.6) is 0 Å². The van der Waals surface area contributed by atoms with Crippen molar-refractivity contribution in [2.24, 2.45) is 11.7 Å². The second-order valence-corrected chi connectivity index (χ2v) is 4.67. The predicted molar refractivity (Wildman–Crippen MR) is 65.5 cm³/mol. The van der Waals surface area contributed by atoms with Gasteiger partial charge in [-0.05, 0) is 19.3 Å². The Morgan fingerprint density at radius 2 is 2.18 bits per heavy atom. The first-order chi connectivity index (χ1) is 7.91. The van der Waals surface area contributed by atoms with E-state index in [0.717, 1.165) is 6.42 Å². The van der Waals surface area contributed by atoms with Gasteiger partial charge in [0.15, 0.2) is 0 Å². The maximum atomic E-state index is 11.9. The average molecular weight is 239 g/mol. The maximum absolute atomic E-state index is 11.9. The molecule has 1 aromatic heterocycles. The van der Waals surface area contributed by atoms with E-state index in [1.54, 1.807) is 18.9 Å². The Balaban J connectivity index is 2.48. The first kappa shape index (κ1) is 13.6. The molecule has 0 fully saturated rings. The second kappa shape index (κ2) is 5.77. The highest BCUT2D eigenvalue weighted by atomic mass is 16.2. The minimum atomic E-state index is -0.176. The summed E-state index contributed by atoms with van der Waals surface area (Å²) in [6.07, 6.45) is 0.781. The lowest BCUT2D eigenvalue weighted by Gasteiger charge is -2.20. The molecule has 0 bridgehead atoms. The SMILES string of the molecule is Cc1nc(C(=O)N(C)CCC(N)C(C)C)n[nH]1. The Labute approximate surface area is 102 Å². The number of carbonyl (C=O) groups excluding carboxylic acids is 1. The largest absolute Gasteiger partial charge is 0.339 e. The van der Waals surface area contributed by atoms with Gasteiger partial charge in [-0.3, -0.25) is 9.89 Å². The van der Waals surface area contributed by atoms with Crippen molar-refractivity contribution >= 4 is 5.91 Å². The van der Waals surface area contributed by atoms with E-state index < -0.39 is 0 Å². The van der Waals surface area contributed by atoms with Crippen LogP contribution in [-0.2, 0) is 0 Å². The van der Waals surface area contributed by atoms with E-state index in [2.05, 4.69) is 29.0 Å². The Morgan fingerprint density at radius 1 is 1.53 bits per heavy atom. The minimum absolute atomic E-state index is 0.110. The number of hydrogen-bond acceptors (Lipinski definition) is 4. The zero-order chi connectivity index (χ0) is 13.0. The number of aromatic nitrogens is 3. The number of aromatic amines is 1. The number of aryl methyl sites for hydroxylation is 1. The predicted octanol–water partition coefficient (Wildman–Crippen LogP) is 0.559. The molecule has 1 unspecified atom stereocenters. The number of carbonyl (C=O) groups is 1. The average Bonchev–Trinajstić information content (AvgIpc) is 2.70. The lowest BCUT2D eigenvalue weighted by molar-refractivity contribution is 0.0777. The number of amides is 1. The maximum Gasteiger partial charge on any atom is 0.293 e. The first-order valence-corrected chi connectivity index (χ1v) is 5.82. The van der Waals surface area contributed by atoms with Gasteiger partial charge in [0.2, 0.25) is 5.82 Å². The summed E-state index contributed by atoms with van der Waals surface area (Å²) >= 11 is 0. The van der Waals surface area contributed by atoms with E-state index >= 15 is 0 Å². The van der Waals surface area contributed by atoms with Crippen molar-refractivity contribution in [1.82, 2.24) is 20.1 Å². The highest BCUT2D eigenvalue weighted by Gasteiger charge is 2.17. The topological polar surface area (TPSA) is 87.9 Å². The van der Waals surface area contributed by atoms with Crippen LogP contribution >= 0.6 is 0 Å². The number of hydrogen-bond donors (Lipinski definition) is 2. The molecule has 1 aromatic rings. The van der Waals surface area contributed by atoms with Crippen molar-refractivity contribution < 1.29 is 4.79 Å². The fraction of sp³-hybridized carbons (Fsp3) is 0.727. The van der Waals surface area contributed by atoms with Crippen molar-refractivity contribution in [3.63, 3.8) is 0 Å². The van der Waals surface area contributed by atoms with E-state index in [4.69, 9.17) is 5.73 Å². The van der Waals surface area contributed by atoms with Gasteiger partial charge in [-0.25, -0.2) is 4.98 Å². The first-order valence-electron chi connectivity index (χ1n) is 5.82. The smallest absolute Gasteiger partial charge is 0.293 e. The van der Waals surface area contributed by atoms with Crippen LogP contribution in [-0.4, -0.2) is 45.6 Å². The molecule has 96 valence electrons. The zero-order valence-corrected chi connectivity index (χ0v) is 10.9. The Hall–Kier alpha value is -1.43. The van der Waals surface area contributed by atoms with Gasteiger partial charge >= 0.3 is 0 Å². The van der Waals surface area contributed by atoms with Gasteiger partial charge in [0.25, 0.3) is 5.91 Å². The van der Waals surface area contributed by atoms with Crippen LogP contribution < -0.4 is 5.73 Å². The Kier molecular flexibility index (Phi) is 4.62. The van der Waals surface area contributed by atoms with Crippen LogP contribution in [0.15, 0.2) is 0 Å². The van der Waals surface area contributed by atoms with Crippen LogP contribution in [0.4, 0.5) is 0 Å². The van der Waals surface area contributed by atoms with Crippen LogP contribution in [0.1, 0.15) is 36.7 Å². The van der Waals surface area contributed by atoms with Crippen LogP contribution in [0.3, 0.4) is 0 Å². The number of nitrogens with two attached hydrogens (primary N) is 1. The molecular formula is C11H21N5O. The molecule has 0 aromatic carbocycles. The standard InChI is InChI=1S/C11H21N5O/c1-7(2)9(12)5-6-16(4)11(17)10-13-8(3)14-15-10/h7,9H,5-6,12H2,1-4H3,(H,13,14,15). The molecule has 1 rings (SSSR count). The van der Waals surface area contributed by atoms with Crippen molar-refractivity contribution in [2.45, 2.75) is 33.2 Å². The quantitative estimate of drug-likeness (QED) is 0.785. The van der Waals surface area contributed by atoms with Gasteiger partial charge in [-0.2, -0.15) is 0 Å². The summed E-state index contributed by atoms with van der Waals surface area (Å²) in [7, 11) is 1.74. The summed E-state index contributed by atoms with van der Waals surface area (Å²) in [6, 6.07) is 0.110. The third-order valence-corrected chi connectivity index (χ3v) is 2.79. The molecule has 0 radical (unpaired) electrons. The second-order valence-electron chi connectivity index (χ2n) is 4.67. The summed E-state index contributed by atoms with van der Waals surface area (Å²) in [6.45, 7) is 6.53. The third-order valence-electron chi connectivity index (χ3n) is 2.79. The van der Waals surface area contributed by atoms with Gasteiger partial charge in [-0.15, -0.1) is 5.10 Å². The van der Waals surface area contributed by atoms with Gasteiger partial charge in [-0.1, -0.05) is 13.8 Å². The number of nitrogens with one attached hydrogen (secondary N) is 1. The molecule has 1 amide bonds. The Bertz CT molecular complexity index is 374. The summed E-state index contributed by atoms with van der Waals surface area (Å²) in [5.41, 5.74) is 5.93. The van der Waals surface area contributed by atoms with E-state index in [1.165, 1.54) is 0 Å². The van der Waals surface area contributed by atoms with Crippen molar-refractivity contribution in [1.29, 1.82) is 0 Å². The number of nitrogens with zero attached hydrogens (tertiary/aromatic N) is 3. The van der Waals surface area contributed by atoms with Crippen LogP contribution in [0.25, 0.3) is 0 Å².